The molecule has 0 unspecified atom stereocenters. The van der Waals surface area contributed by atoms with Crippen LogP contribution in [0.15, 0.2) is 46.3 Å². The summed E-state index contributed by atoms with van der Waals surface area (Å²) in [5.41, 5.74) is 0.106. The van der Waals surface area contributed by atoms with Crippen LogP contribution in [-0.4, -0.2) is 26.5 Å². The number of guanidine groups is 1. The van der Waals surface area contributed by atoms with Gasteiger partial charge in [0.25, 0.3) is 0 Å². The van der Waals surface area contributed by atoms with Gasteiger partial charge in [0.15, 0.2) is 5.96 Å². The van der Waals surface area contributed by atoms with Crippen molar-refractivity contribution in [1.82, 2.24) is 15.4 Å². The quantitative estimate of drug-likeness (QED) is 0.436. The number of sulfonamides is 1. The first-order valence-electron chi connectivity index (χ1n) is 9.86. The summed E-state index contributed by atoms with van der Waals surface area (Å²) in [5.74, 6) is 0.662. The summed E-state index contributed by atoms with van der Waals surface area (Å²) in [6.07, 6.45) is 1.03. The van der Waals surface area contributed by atoms with E-state index in [0.717, 1.165) is 13.0 Å². The van der Waals surface area contributed by atoms with E-state index < -0.39 is 15.6 Å². The summed E-state index contributed by atoms with van der Waals surface area (Å²) in [7, 11) is -3.62. The second kappa shape index (κ2) is 10.2. The van der Waals surface area contributed by atoms with Gasteiger partial charge in [-0.3, -0.25) is 0 Å². The van der Waals surface area contributed by atoms with E-state index in [1.165, 1.54) is 9.75 Å². The Labute approximate surface area is 178 Å². The van der Waals surface area contributed by atoms with E-state index in [2.05, 4.69) is 39.4 Å². The smallest absolute Gasteiger partial charge is 0.241 e. The molecule has 0 aliphatic carbocycles. The Morgan fingerprint density at radius 2 is 1.72 bits per heavy atom. The Balaban J connectivity index is 2.16. The zero-order valence-corrected chi connectivity index (χ0v) is 19.5. The predicted molar refractivity (Wildman–Crippen MR) is 122 cm³/mol. The molecule has 2 rings (SSSR count). The molecule has 1 heterocycles. The number of hydrogen-bond donors (Lipinski definition) is 3. The van der Waals surface area contributed by atoms with Crippen molar-refractivity contribution in [2.75, 3.05) is 6.54 Å². The van der Waals surface area contributed by atoms with E-state index in [4.69, 9.17) is 0 Å². The van der Waals surface area contributed by atoms with Gasteiger partial charge in [0.1, 0.15) is 0 Å². The van der Waals surface area contributed by atoms with Gasteiger partial charge in [-0.05, 0) is 57.9 Å². The van der Waals surface area contributed by atoms with Crippen molar-refractivity contribution in [3.05, 3.63) is 51.7 Å². The van der Waals surface area contributed by atoms with Gasteiger partial charge < -0.3 is 10.6 Å². The molecular weight excluding hydrogens is 404 g/mol. The highest BCUT2D eigenvalue weighted by Gasteiger charge is 2.24. The van der Waals surface area contributed by atoms with Crippen molar-refractivity contribution >= 4 is 27.3 Å². The Morgan fingerprint density at radius 1 is 1.03 bits per heavy atom. The Morgan fingerprint density at radius 3 is 2.34 bits per heavy atom. The van der Waals surface area contributed by atoms with E-state index in [-0.39, 0.29) is 11.4 Å². The fourth-order valence-corrected chi connectivity index (χ4v) is 5.29. The van der Waals surface area contributed by atoms with Gasteiger partial charge in [-0.1, -0.05) is 25.1 Å². The fraction of sp³-hybridized carbons (Fsp3) is 0.476. The van der Waals surface area contributed by atoms with Crippen molar-refractivity contribution in [2.24, 2.45) is 4.99 Å². The topological polar surface area (TPSA) is 82.6 Å². The third-order valence-electron chi connectivity index (χ3n) is 3.95. The minimum absolute atomic E-state index is 0.264. The SMILES string of the molecule is CCNC(=NCc1ccccc1S(=O)(=O)NC(C)(C)C)NCc1ccc(CC)s1. The normalized spacial score (nSPS) is 12.8. The van der Waals surface area contributed by atoms with Crippen LogP contribution in [0.4, 0.5) is 0 Å². The van der Waals surface area contributed by atoms with Crippen molar-refractivity contribution in [2.45, 2.75) is 64.6 Å². The van der Waals surface area contributed by atoms with E-state index >= 15 is 0 Å². The van der Waals surface area contributed by atoms with Crippen LogP contribution >= 0.6 is 11.3 Å². The number of aliphatic imine (C=N–C) groups is 1. The van der Waals surface area contributed by atoms with Crippen LogP contribution in [-0.2, 0) is 29.5 Å². The lowest BCUT2D eigenvalue weighted by atomic mass is 10.1. The molecule has 0 bridgehead atoms. The number of nitrogens with one attached hydrogen (secondary N) is 3. The summed E-state index contributed by atoms with van der Waals surface area (Å²) >= 11 is 1.79. The summed E-state index contributed by atoms with van der Waals surface area (Å²) in [5, 5.41) is 6.54. The van der Waals surface area contributed by atoms with Crippen LogP contribution in [0.25, 0.3) is 0 Å². The predicted octanol–water partition coefficient (Wildman–Crippen LogP) is 3.64. The average Bonchev–Trinajstić information content (AvgIpc) is 3.10. The molecule has 8 heteroatoms. The van der Waals surface area contributed by atoms with E-state index in [1.807, 2.05) is 33.8 Å². The Hall–Kier alpha value is -1.90. The molecule has 0 atom stereocenters. The zero-order valence-electron chi connectivity index (χ0n) is 17.9. The van der Waals surface area contributed by atoms with Gasteiger partial charge in [0.2, 0.25) is 10.0 Å². The molecule has 3 N–H and O–H groups in total. The van der Waals surface area contributed by atoms with Gasteiger partial charge in [-0.25, -0.2) is 18.1 Å². The minimum Gasteiger partial charge on any atom is -0.357 e. The molecule has 0 aliphatic rings. The standard InChI is InChI=1S/C21H32N4O2S2/c1-6-17-12-13-18(28-17)15-24-20(22-7-2)23-14-16-10-8-9-11-19(16)29(26,27)25-21(3,4)5/h8-13,25H,6-7,14-15H2,1-5H3,(H2,22,23,24). The van der Waals surface area contributed by atoms with Crippen molar-refractivity contribution in [3.63, 3.8) is 0 Å². The first-order chi connectivity index (χ1) is 13.6. The number of aryl methyl sites for hydroxylation is 1. The van der Waals surface area contributed by atoms with Crippen molar-refractivity contribution in [1.29, 1.82) is 0 Å². The Kier molecular flexibility index (Phi) is 8.24. The van der Waals surface area contributed by atoms with Crippen LogP contribution in [0.1, 0.15) is 49.9 Å². The molecule has 0 saturated heterocycles. The van der Waals surface area contributed by atoms with Gasteiger partial charge in [-0.15, -0.1) is 11.3 Å². The molecule has 0 saturated carbocycles. The summed E-state index contributed by atoms with van der Waals surface area (Å²) in [6.45, 7) is 11.3. The van der Waals surface area contributed by atoms with Crippen LogP contribution in [0.5, 0.6) is 0 Å². The lowest BCUT2D eigenvalue weighted by Crippen LogP contribution is -2.40. The number of benzene rings is 1. The molecular formula is C21H32N4O2S2. The molecule has 1 aromatic carbocycles. The molecule has 6 nitrogen and oxygen atoms in total. The summed E-state index contributed by atoms with van der Waals surface area (Å²) in [6, 6.07) is 11.3. The van der Waals surface area contributed by atoms with Gasteiger partial charge in [0, 0.05) is 21.8 Å². The van der Waals surface area contributed by atoms with Crippen LogP contribution in [0.2, 0.25) is 0 Å². The van der Waals surface area contributed by atoms with Gasteiger partial charge in [0.05, 0.1) is 18.0 Å². The molecule has 0 fully saturated rings. The second-order valence-corrected chi connectivity index (χ2v) is 10.6. The van der Waals surface area contributed by atoms with Crippen molar-refractivity contribution < 1.29 is 8.42 Å². The second-order valence-electron chi connectivity index (χ2n) is 7.73. The minimum atomic E-state index is -3.62. The van der Waals surface area contributed by atoms with Crippen molar-refractivity contribution in [3.8, 4) is 0 Å². The van der Waals surface area contributed by atoms with E-state index in [9.17, 15) is 8.42 Å². The highest BCUT2D eigenvalue weighted by Crippen LogP contribution is 2.19. The molecule has 0 radical (unpaired) electrons. The number of hydrogen-bond acceptors (Lipinski definition) is 4. The van der Waals surface area contributed by atoms with Gasteiger partial charge >= 0.3 is 0 Å². The maximum atomic E-state index is 12.8. The van der Waals surface area contributed by atoms with Crippen LogP contribution in [0, 0.1) is 0 Å². The van der Waals surface area contributed by atoms with E-state index in [1.54, 1.807) is 29.5 Å². The maximum absolute atomic E-state index is 12.8. The average molecular weight is 437 g/mol. The third-order valence-corrected chi connectivity index (χ3v) is 7.04. The van der Waals surface area contributed by atoms with Crippen LogP contribution < -0.4 is 15.4 Å². The summed E-state index contributed by atoms with van der Waals surface area (Å²) < 4.78 is 28.3. The molecule has 0 spiro atoms. The molecule has 29 heavy (non-hydrogen) atoms. The number of rotatable bonds is 8. The molecule has 1 aromatic heterocycles. The molecule has 0 amide bonds. The lowest BCUT2D eigenvalue weighted by molar-refractivity contribution is 0.491. The largest absolute Gasteiger partial charge is 0.357 e. The molecule has 160 valence electrons. The van der Waals surface area contributed by atoms with Crippen LogP contribution in [0.3, 0.4) is 0 Å². The zero-order chi connectivity index (χ0) is 21.5. The molecule has 0 aliphatic heterocycles. The molecule has 2 aromatic rings. The maximum Gasteiger partial charge on any atom is 0.241 e. The summed E-state index contributed by atoms with van der Waals surface area (Å²) in [4.78, 5) is 7.46. The van der Waals surface area contributed by atoms with E-state index in [0.29, 0.717) is 18.1 Å². The van der Waals surface area contributed by atoms with Gasteiger partial charge in [-0.2, -0.15) is 0 Å². The fourth-order valence-electron chi connectivity index (χ4n) is 2.74. The monoisotopic (exact) mass is 436 g/mol. The first kappa shape index (κ1) is 23.4. The highest BCUT2D eigenvalue weighted by atomic mass is 32.2. The first-order valence-corrected chi connectivity index (χ1v) is 12.2. The highest BCUT2D eigenvalue weighted by molar-refractivity contribution is 7.89. The number of thiophene rings is 1. The Bertz CT molecular complexity index is 928. The lowest BCUT2D eigenvalue weighted by Gasteiger charge is -2.21. The third kappa shape index (κ3) is 7.45. The number of nitrogens with zero attached hydrogens (tertiary/aromatic N) is 1.